The van der Waals surface area contributed by atoms with Crippen molar-refractivity contribution in [1.29, 1.82) is 0 Å². The second kappa shape index (κ2) is 5.52. The molecule has 128 valence electrons. The van der Waals surface area contributed by atoms with Crippen molar-refractivity contribution in [1.82, 2.24) is 24.2 Å². The molecule has 8 heteroatoms. The first kappa shape index (κ1) is 14.8. The summed E-state index contributed by atoms with van der Waals surface area (Å²) in [5, 5.41) is 3.17. The highest BCUT2D eigenvalue weighted by Gasteiger charge is 2.57. The summed E-state index contributed by atoms with van der Waals surface area (Å²) in [6.07, 6.45) is 7.55. The molecule has 1 amide bonds. The first-order chi connectivity index (χ1) is 12.3. The summed E-state index contributed by atoms with van der Waals surface area (Å²) in [5.41, 5.74) is 2.24. The highest BCUT2D eigenvalue weighted by molar-refractivity contribution is 7.03. The van der Waals surface area contributed by atoms with Crippen molar-refractivity contribution in [3.8, 4) is 0 Å². The molecule has 5 rings (SSSR count). The van der Waals surface area contributed by atoms with Crippen LogP contribution in [0, 0.1) is 5.41 Å². The molecule has 3 aromatic rings. The Morgan fingerprint density at radius 1 is 1.32 bits per heavy atom. The fourth-order valence-electron chi connectivity index (χ4n) is 4.18. The summed E-state index contributed by atoms with van der Waals surface area (Å²) in [6.45, 7) is 3.20. The molecule has 1 N–H and O–H groups in total. The van der Waals surface area contributed by atoms with Crippen molar-refractivity contribution in [2.24, 2.45) is 5.41 Å². The van der Waals surface area contributed by atoms with E-state index in [1.165, 1.54) is 17.1 Å². The Hall–Kier alpha value is -2.48. The molecule has 0 radical (unpaired) electrons. The molecule has 0 bridgehead atoms. The summed E-state index contributed by atoms with van der Waals surface area (Å²) in [7, 11) is 0. The Bertz CT molecular complexity index is 909. The average Bonchev–Trinajstić information content (AvgIpc) is 3.01. The van der Waals surface area contributed by atoms with Gasteiger partial charge in [0.1, 0.15) is 17.8 Å². The van der Waals surface area contributed by atoms with Crippen LogP contribution in [-0.2, 0) is 4.79 Å². The Kier molecular flexibility index (Phi) is 3.27. The van der Waals surface area contributed by atoms with Gasteiger partial charge < -0.3 is 14.8 Å². The number of aromatic amines is 1. The van der Waals surface area contributed by atoms with Gasteiger partial charge in [0.2, 0.25) is 6.41 Å². The fourth-order valence-corrected chi connectivity index (χ4v) is 4.77. The van der Waals surface area contributed by atoms with Gasteiger partial charge in [0.05, 0.1) is 5.39 Å². The number of rotatable bonds is 3. The lowest BCUT2D eigenvalue weighted by atomic mass is 10.00. The van der Waals surface area contributed by atoms with Gasteiger partial charge in [-0.3, -0.25) is 4.79 Å². The van der Waals surface area contributed by atoms with E-state index in [2.05, 4.69) is 29.6 Å². The zero-order chi connectivity index (χ0) is 16.9. The van der Waals surface area contributed by atoms with Crippen LogP contribution in [0.2, 0.25) is 0 Å². The zero-order valence-electron chi connectivity index (χ0n) is 13.6. The minimum absolute atomic E-state index is 0.0910. The number of aromatic nitrogens is 4. The van der Waals surface area contributed by atoms with Gasteiger partial charge in [0.15, 0.2) is 0 Å². The highest BCUT2D eigenvalue weighted by Crippen LogP contribution is 2.60. The van der Waals surface area contributed by atoms with E-state index >= 15 is 0 Å². The Labute approximate surface area is 148 Å². The van der Waals surface area contributed by atoms with Crippen molar-refractivity contribution < 1.29 is 4.79 Å². The van der Waals surface area contributed by atoms with Crippen LogP contribution in [0.3, 0.4) is 0 Å². The third-order valence-corrected chi connectivity index (χ3v) is 6.11. The van der Waals surface area contributed by atoms with Crippen molar-refractivity contribution >= 4 is 34.8 Å². The van der Waals surface area contributed by atoms with Gasteiger partial charge >= 0.3 is 0 Å². The number of nitrogens with zero attached hydrogens (tertiary/aromatic N) is 5. The second-order valence-corrected chi connectivity index (χ2v) is 7.67. The molecule has 2 unspecified atom stereocenters. The fraction of sp³-hybridized carbons (Fsp3) is 0.412. The van der Waals surface area contributed by atoms with E-state index in [9.17, 15) is 4.79 Å². The van der Waals surface area contributed by atoms with E-state index in [1.54, 1.807) is 6.33 Å². The van der Waals surface area contributed by atoms with Gasteiger partial charge in [-0.05, 0) is 35.5 Å². The number of fused-ring (bicyclic) bond motifs is 1. The summed E-state index contributed by atoms with van der Waals surface area (Å²) in [6, 6.07) is 2.02. The van der Waals surface area contributed by atoms with Crippen LogP contribution in [0.25, 0.3) is 11.0 Å². The molecule has 4 heterocycles. The maximum absolute atomic E-state index is 11.5. The predicted molar refractivity (Wildman–Crippen MR) is 95.6 cm³/mol. The third-order valence-electron chi connectivity index (χ3n) is 5.51. The van der Waals surface area contributed by atoms with Gasteiger partial charge in [0.25, 0.3) is 0 Å². The largest absolute Gasteiger partial charge is 0.354 e. The molecule has 1 aliphatic heterocycles. The smallest absolute Gasteiger partial charge is 0.209 e. The molecule has 2 aliphatic rings. The number of carbonyl (C=O) groups is 1. The quantitative estimate of drug-likeness (QED) is 0.727. The number of nitrogens with one attached hydrogen (secondary N) is 1. The van der Waals surface area contributed by atoms with Crippen LogP contribution in [0.4, 0.5) is 5.82 Å². The Morgan fingerprint density at radius 2 is 2.28 bits per heavy atom. The minimum atomic E-state index is 0.0910. The van der Waals surface area contributed by atoms with E-state index in [-0.39, 0.29) is 5.41 Å². The van der Waals surface area contributed by atoms with E-state index in [4.69, 9.17) is 0 Å². The van der Waals surface area contributed by atoms with Crippen LogP contribution in [-0.4, -0.2) is 56.8 Å². The van der Waals surface area contributed by atoms with Crippen molar-refractivity contribution in [3.63, 3.8) is 0 Å². The number of carbonyl (C=O) groups excluding carboxylic acids is 1. The minimum Gasteiger partial charge on any atom is -0.354 e. The molecule has 7 nitrogen and oxygen atoms in total. The molecule has 2 atom stereocenters. The third kappa shape index (κ3) is 2.39. The Balaban J connectivity index is 1.51. The van der Waals surface area contributed by atoms with Crippen molar-refractivity contribution in [3.05, 3.63) is 35.7 Å². The second-order valence-electron chi connectivity index (χ2n) is 7.01. The number of H-pyrrole nitrogens is 1. The molecule has 25 heavy (non-hydrogen) atoms. The van der Waals surface area contributed by atoms with Gasteiger partial charge in [-0.15, -0.1) is 0 Å². The standard InChI is InChI=1S/C17H18N6OS/c24-11-22-3-4-23(16-13-1-2-18-15(13)19-10-20-16)9-17(8-22)5-14(17)12-6-21-25-7-12/h1-2,6-7,10-11,14H,3-5,8-9H2,(H,18,19,20). The molecule has 2 fully saturated rings. The SMILES string of the molecule is O=CN1CCN(c2ncnc3[nH]ccc23)CC2(CC2c2cnsc2)C1. The highest BCUT2D eigenvalue weighted by atomic mass is 32.1. The Morgan fingerprint density at radius 3 is 3.12 bits per heavy atom. The van der Waals surface area contributed by atoms with E-state index in [0.717, 1.165) is 55.9 Å². The molecule has 0 aromatic carbocycles. The number of anilines is 1. The monoisotopic (exact) mass is 354 g/mol. The molecule has 1 saturated carbocycles. The number of amides is 1. The maximum atomic E-state index is 11.5. The molecular weight excluding hydrogens is 336 g/mol. The maximum Gasteiger partial charge on any atom is 0.209 e. The van der Waals surface area contributed by atoms with E-state index in [0.29, 0.717) is 5.92 Å². The lowest BCUT2D eigenvalue weighted by molar-refractivity contribution is -0.118. The van der Waals surface area contributed by atoms with Gasteiger partial charge in [0, 0.05) is 49.4 Å². The lowest BCUT2D eigenvalue weighted by Crippen LogP contribution is -2.32. The molecular formula is C17H18N6OS. The van der Waals surface area contributed by atoms with Crippen LogP contribution < -0.4 is 4.90 Å². The van der Waals surface area contributed by atoms with Gasteiger partial charge in [-0.2, -0.15) is 0 Å². The van der Waals surface area contributed by atoms with Gasteiger partial charge in [-0.25, -0.2) is 14.3 Å². The lowest BCUT2D eigenvalue weighted by Gasteiger charge is -2.26. The van der Waals surface area contributed by atoms with Crippen LogP contribution in [0.1, 0.15) is 17.9 Å². The average molecular weight is 354 g/mol. The molecule has 3 aromatic heterocycles. The predicted octanol–water partition coefficient (Wildman–Crippen LogP) is 1.87. The van der Waals surface area contributed by atoms with E-state index < -0.39 is 0 Å². The van der Waals surface area contributed by atoms with E-state index in [1.807, 2.05) is 23.4 Å². The summed E-state index contributed by atoms with van der Waals surface area (Å²) < 4.78 is 4.26. The van der Waals surface area contributed by atoms with Crippen LogP contribution in [0.15, 0.2) is 30.2 Å². The molecule has 1 saturated heterocycles. The van der Waals surface area contributed by atoms with Crippen molar-refractivity contribution in [2.75, 3.05) is 31.1 Å². The topological polar surface area (TPSA) is 78.0 Å². The normalized spacial score (nSPS) is 26.2. The molecule has 1 spiro atoms. The van der Waals surface area contributed by atoms with Crippen molar-refractivity contribution in [2.45, 2.75) is 12.3 Å². The zero-order valence-corrected chi connectivity index (χ0v) is 14.4. The first-order valence-corrected chi connectivity index (χ1v) is 9.24. The molecule has 1 aliphatic carbocycles. The summed E-state index contributed by atoms with van der Waals surface area (Å²) >= 11 is 1.50. The number of hydrogen-bond donors (Lipinski definition) is 1. The van der Waals surface area contributed by atoms with Crippen LogP contribution >= 0.6 is 11.5 Å². The van der Waals surface area contributed by atoms with Gasteiger partial charge in [-0.1, -0.05) is 0 Å². The number of hydrogen-bond acceptors (Lipinski definition) is 6. The van der Waals surface area contributed by atoms with Crippen LogP contribution in [0.5, 0.6) is 0 Å². The first-order valence-electron chi connectivity index (χ1n) is 8.41. The summed E-state index contributed by atoms with van der Waals surface area (Å²) in [5.74, 6) is 1.42. The summed E-state index contributed by atoms with van der Waals surface area (Å²) in [4.78, 5) is 27.7.